The van der Waals surface area contributed by atoms with E-state index in [9.17, 15) is 0 Å². The van der Waals surface area contributed by atoms with Crippen molar-refractivity contribution in [3.05, 3.63) is 27.8 Å². The van der Waals surface area contributed by atoms with E-state index in [1.165, 1.54) is 74.3 Å². The molecule has 0 unspecified atom stereocenters. The highest BCUT2D eigenvalue weighted by atomic mass is 127. The largest absolute Gasteiger partial charge is 0.372 e. The highest BCUT2D eigenvalue weighted by molar-refractivity contribution is 14.1. The van der Waals surface area contributed by atoms with Gasteiger partial charge in [-0.1, -0.05) is 0 Å². The summed E-state index contributed by atoms with van der Waals surface area (Å²) in [6.07, 6.45) is 4.11. The van der Waals surface area contributed by atoms with E-state index in [4.69, 9.17) is 0 Å². The van der Waals surface area contributed by atoms with Crippen molar-refractivity contribution in [1.82, 2.24) is 9.80 Å². The molecule has 0 N–H and O–H groups in total. The second-order valence-corrected chi connectivity index (χ2v) is 8.09. The Morgan fingerprint density at radius 3 is 2.23 bits per heavy atom. The Bertz CT molecular complexity index is 446. The van der Waals surface area contributed by atoms with Gasteiger partial charge in [-0.05, 0) is 85.6 Å². The van der Waals surface area contributed by atoms with Crippen molar-refractivity contribution in [2.45, 2.75) is 19.3 Å². The molecule has 0 saturated carbocycles. The average molecular weight is 413 g/mol. The van der Waals surface area contributed by atoms with E-state index in [2.05, 4.69) is 68.6 Å². The van der Waals surface area contributed by atoms with Crippen molar-refractivity contribution >= 4 is 28.3 Å². The summed E-state index contributed by atoms with van der Waals surface area (Å²) in [5, 5.41) is 0. The minimum Gasteiger partial charge on any atom is -0.372 e. The summed E-state index contributed by atoms with van der Waals surface area (Å²) in [5.41, 5.74) is 1.40. The molecule has 0 radical (unpaired) electrons. The van der Waals surface area contributed by atoms with E-state index >= 15 is 0 Å². The molecular formula is C18H28IN3. The first kappa shape index (κ1) is 16.5. The third-order valence-corrected chi connectivity index (χ3v) is 5.97. The van der Waals surface area contributed by atoms with Gasteiger partial charge in [0.1, 0.15) is 0 Å². The Labute approximate surface area is 148 Å². The topological polar surface area (TPSA) is 9.72 Å². The number of hydrogen-bond acceptors (Lipinski definition) is 3. The van der Waals surface area contributed by atoms with Crippen LogP contribution in [0, 0.1) is 9.49 Å². The van der Waals surface area contributed by atoms with Gasteiger partial charge in [-0.2, -0.15) is 0 Å². The van der Waals surface area contributed by atoms with Crippen molar-refractivity contribution in [2.24, 2.45) is 5.92 Å². The third kappa shape index (κ3) is 4.59. The van der Waals surface area contributed by atoms with Crippen LogP contribution in [0.4, 0.5) is 5.69 Å². The van der Waals surface area contributed by atoms with Gasteiger partial charge in [0.25, 0.3) is 0 Å². The summed E-state index contributed by atoms with van der Waals surface area (Å²) < 4.78 is 1.32. The number of likely N-dealkylation sites (N-methyl/N-ethyl adjacent to an activating group) is 1. The lowest BCUT2D eigenvalue weighted by Crippen LogP contribution is -2.45. The number of halogens is 1. The van der Waals surface area contributed by atoms with Crippen molar-refractivity contribution in [2.75, 3.05) is 57.8 Å². The van der Waals surface area contributed by atoms with Crippen LogP contribution in [0.1, 0.15) is 19.3 Å². The third-order valence-electron chi connectivity index (χ3n) is 5.26. The lowest BCUT2D eigenvalue weighted by atomic mass is 9.93. The molecule has 0 bridgehead atoms. The van der Waals surface area contributed by atoms with Gasteiger partial charge in [-0.25, -0.2) is 0 Å². The molecule has 2 fully saturated rings. The Morgan fingerprint density at radius 2 is 1.59 bits per heavy atom. The standard InChI is InChI=1S/C18H28IN3/c1-20-12-14-21(15-13-20)9-6-16-7-10-22(11-8-16)18-4-2-17(19)3-5-18/h2-5,16H,6-15H2,1H3. The molecule has 2 heterocycles. The van der Waals surface area contributed by atoms with Crippen LogP contribution in [-0.4, -0.2) is 62.7 Å². The predicted molar refractivity (Wildman–Crippen MR) is 103 cm³/mol. The van der Waals surface area contributed by atoms with Crippen molar-refractivity contribution < 1.29 is 0 Å². The lowest BCUT2D eigenvalue weighted by Gasteiger charge is -2.36. The minimum atomic E-state index is 0.930. The zero-order valence-electron chi connectivity index (χ0n) is 13.7. The van der Waals surface area contributed by atoms with E-state index in [1.807, 2.05) is 0 Å². The van der Waals surface area contributed by atoms with Crippen molar-refractivity contribution in [3.63, 3.8) is 0 Å². The SMILES string of the molecule is CN1CCN(CCC2CCN(c3ccc(I)cc3)CC2)CC1. The van der Waals surface area contributed by atoms with Gasteiger partial charge in [0.2, 0.25) is 0 Å². The van der Waals surface area contributed by atoms with Gasteiger partial charge < -0.3 is 14.7 Å². The van der Waals surface area contributed by atoms with Crippen LogP contribution in [-0.2, 0) is 0 Å². The summed E-state index contributed by atoms with van der Waals surface area (Å²) >= 11 is 2.38. The number of piperazine rings is 1. The molecule has 122 valence electrons. The van der Waals surface area contributed by atoms with Crippen LogP contribution < -0.4 is 4.90 Å². The van der Waals surface area contributed by atoms with E-state index in [-0.39, 0.29) is 0 Å². The number of rotatable bonds is 4. The quantitative estimate of drug-likeness (QED) is 0.703. The van der Waals surface area contributed by atoms with Crippen molar-refractivity contribution in [3.8, 4) is 0 Å². The van der Waals surface area contributed by atoms with Gasteiger partial charge in [-0.3, -0.25) is 0 Å². The maximum absolute atomic E-state index is 2.66. The maximum Gasteiger partial charge on any atom is 0.0366 e. The Hall–Kier alpha value is -0.330. The summed E-state index contributed by atoms with van der Waals surface area (Å²) in [5.74, 6) is 0.930. The number of nitrogens with zero attached hydrogens (tertiary/aromatic N) is 3. The van der Waals surface area contributed by atoms with E-state index < -0.39 is 0 Å². The first-order chi connectivity index (χ1) is 10.7. The van der Waals surface area contributed by atoms with E-state index in [0.717, 1.165) is 5.92 Å². The van der Waals surface area contributed by atoms with Crippen LogP contribution in [0.25, 0.3) is 0 Å². The molecule has 1 aromatic rings. The minimum absolute atomic E-state index is 0.930. The van der Waals surface area contributed by atoms with Crippen LogP contribution in [0.5, 0.6) is 0 Å². The van der Waals surface area contributed by atoms with Crippen molar-refractivity contribution in [1.29, 1.82) is 0 Å². The molecule has 3 nitrogen and oxygen atoms in total. The lowest BCUT2D eigenvalue weighted by molar-refractivity contribution is 0.144. The molecular weight excluding hydrogens is 385 g/mol. The molecule has 0 aliphatic carbocycles. The number of piperidine rings is 1. The molecule has 2 saturated heterocycles. The van der Waals surface area contributed by atoms with Crippen LogP contribution in [0.15, 0.2) is 24.3 Å². The fourth-order valence-corrected chi connectivity index (χ4v) is 3.93. The van der Waals surface area contributed by atoms with Crippen LogP contribution >= 0.6 is 22.6 Å². The molecule has 0 atom stereocenters. The molecule has 0 spiro atoms. The number of hydrogen-bond donors (Lipinski definition) is 0. The Balaban J connectivity index is 1.39. The second-order valence-electron chi connectivity index (χ2n) is 6.84. The van der Waals surface area contributed by atoms with E-state index in [0.29, 0.717) is 0 Å². The highest BCUT2D eigenvalue weighted by Gasteiger charge is 2.21. The summed E-state index contributed by atoms with van der Waals surface area (Å²) in [7, 11) is 2.23. The predicted octanol–water partition coefficient (Wildman–Crippen LogP) is 3.15. The van der Waals surface area contributed by atoms with Gasteiger partial charge in [0, 0.05) is 48.5 Å². The summed E-state index contributed by atoms with van der Waals surface area (Å²) in [6.45, 7) is 8.77. The molecule has 2 aliphatic heterocycles. The smallest absolute Gasteiger partial charge is 0.0366 e. The highest BCUT2D eigenvalue weighted by Crippen LogP contribution is 2.26. The number of benzene rings is 1. The van der Waals surface area contributed by atoms with Gasteiger partial charge in [0.05, 0.1) is 0 Å². The average Bonchev–Trinajstić information content (AvgIpc) is 2.56. The normalized spacial score (nSPS) is 22.2. The summed E-state index contributed by atoms with van der Waals surface area (Å²) in [6, 6.07) is 8.98. The fraction of sp³-hybridized carbons (Fsp3) is 0.667. The van der Waals surface area contributed by atoms with E-state index in [1.54, 1.807) is 0 Å². The van der Waals surface area contributed by atoms with Crippen LogP contribution in [0.3, 0.4) is 0 Å². The Kier molecular flexibility index (Phi) is 5.99. The zero-order chi connectivity index (χ0) is 15.4. The van der Waals surface area contributed by atoms with Crippen LogP contribution in [0.2, 0.25) is 0 Å². The molecule has 0 amide bonds. The monoisotopic (exact) mass is 413 g/mol. The molecule has 0 aromatic heterocycles. The zero-order valence-corrected chi connectivity index (χ0v) is 15.8. The molecule has 4 heteroatoms. The van der Waals surface area contributed by atoms with Gasteiger partial charge in [-0.15, -0.1) is 0 Å². The van der Waals surface area contributed by atoms with Gasteiger partial charge >= 0.3 is 0 Å². The molecule has 1 aromatic carbocycles. The molecule has 2 aliphatic rings. The summed E-state index contributed by atoms with van der Waals surface area (Å²) in [4.78, 5) is 7.66. The Morgan fingerprint density at radius 1 is 0.955 bits per heavy atom. The molecule has 22 heavy (non-hydrogen) atoms. The fourth-order valence-electron chi connectivity index (χ4n) is 3.57. The second kappa shape index (κ2) is 7.97. The molecule has 3 rings (SSSR count). The number of anilines is 1. The maximum atomic E-state index is 2.66. The first-order valence-corrected chi connectivity index (χ1v) is 9.70. The first-order valence-electron chi connectivity index (χ1n) is 8.62. The van der Waals surface area contributed by atoms with Gasteiger partial charge in [0.15, 0.2) is 0 Å².